The molecule has 0 bridgehead atoms. The summed E-state index contributed by atoms with van der Waals surface area (Å²) in [6, 6.07) is 4.04. The van der Waals surface area contributed by atoms with Crippen LogP contribution in [0.3, 0.4) is 0 Å². The van der Waals surface area contributed by atoms with Crippen LogP contribution in [0.4, 0.5) is 5.82 Å². The molecule has 1 aromatic heterocycles. The SMILES string of the molecule is Cc1cccnc1NCCC1CCCCO1. The minimum Gasteiger partial charge on any atom is -0.378 e. The van der Waals surface area contributed by atoms with Crippen molar-refractivity contribution >= 4 is 5.82 Å². The molecule has 3 nitrogen and oxygen atoms in total. The summed E-state index contributed by atoms with van der Waals surface area (Å²) in [5.41, 5.74) is 1.20. The maximum Gasteiger partial charge on any atom is 0.128 e. The van der Waals surface area contributed by atoms with Gasteiger partial charge in [0.15, 0.2) is 0 Å². The Kier molecular flexibility index (Phi) is 4.17. The van der Waals surface area contributed by atoms with Gasteiger partial charge in [-0.25, -0.2) is 4.98 Å². The average Bonchev–Trinajstić information content (AvgIpc) is 2.33. The molecule has 1 saturated heterocycles. The summed E-state index contributed by atoms with van der Waals surface area (Å²) in [6.07, 6.45) is 7.10. The summed E-state index contributed by atoms with van der Waals surface area (Å²) in [6.45, 7) is 3.96. The first-order valence-corrected chi connectivity index (χ1v) is 6.13. The van der Waals surface area contributed by atoms with Crippen LogP contribution in [0.5, 0.6) is 0 Å². The number of hydrogen-bond donors (Lipinski definition) is 1. The number of pyridine rings is 1. The number of rotatable bonds is 4. The van der Waals surface area contributed by atoms with Crippen molar-refractivity contribution < 1.29 is 4.74 Å². The van der Waals surface area contributed by atoms with Gasteiger partial charge in [-0.05, 0) is 44.2 Å². The van der Waals surface area contributed by atoms with Crippen molar-refractivity contribution in [2.24, 2.45) is 0 Å². The van der Waals surface area contributed by atoms with Crippen LogP contribution in [-0.4, -0.2) is 24.2 Å². The van der Waals surface area contributed by atoms with Gasteiger partial charge in [-0.2, -0.15) is 0 Å². The Labute approximate surface area is 97.2 Å². The molecule has 2 rings (SSSR count). The van der Waals surface area contributed by atoms with Gasteiger partial charge >= 0.3 is 0 Å². The fourth-order valence-electron chi connectivity index (χ4n) is 2.06. The minimum atomic E-state index is 0.449. The molecule has 1 aliphatic heterocycles. The maximum atomic E-state index is 5.69. The molecule has 0 spiro atoms. The molecule has 2 heterocycles. The van der Waals surface area contributed by atoms with Crippen LogP contribution < -0.4 is 5.32 Å². The number of aryl methyl sites for hydroxylation is 1. The lowest BCUT2D eigenvalue weighted by molar-refractivity contribution is 0.0134. The zero-order valence-corrected chi connectivity index (χ0v) is 9.91. The molecule has 1 atom stereocenters. The Bertz CT molecular complexity index is 321. The number of nitrogens with one attached hydrogen (secondary N) is 1. The number of nitrogens with zero attached hydrogens (tertiary/aromatic N) is 1. The monoisotopic (exact) mass is 220 g/mol. The number of hydrogen-bond acceptors (Lipinski definition) is 3. The zero-order valence-electron chi connectivity index (χ0n) is 9.91. The van der Waals surface area contributed by atoms with E-state index in [0.29, 0.717) is 6.10 Å². The Balaban J connectivity index is 1.73. The fourth-order valence-corrected chi connectivity index (χ4v) is 2.06. The van der Waals surface area contributed by atoms with E-state index < -0.39 is 0 Å². The third-order valence-corrected chi connectivity index (χ3v) is 3.04. The van der Waals surface area contributed by atoms with E-state index >= 15 is 0 Å². The van der Waals surface area contributed by atoms with Gasteiger partial charge < -0.3 is 10.1 Å². The van der Waals surface area contributed by atoms with Gasteiger partial charge in [0.05, 0.1) is 6.10 Å². The van der Waals surface area contributed by atoms with Crippen molar-refractivity contribution in [1.29, 1.82) is 0 Å². The van der Waals surface area contributed by atoms with Crippen molar-refractivity contribution in [2.45, 2.75) is 38.7 Å². The summed E-state index contributed by atoms with van der Waals surface area (Å²) in [7, 11) is 0. The first-order valence-electron chi connectivity index (χ1n) is 6.13. The second kappa shape index (κ2) is 5.85. The molecular weight excluding hydrogens is 200 g/mol. The first-order chi connectivity index (χ1) is 7.86. The molecule has 0 saturated carbocycles. The summed E-state index contributed by atoms with van der Waals surface area (Å²) in [4.78, 5) is 4.31. The molecule has 0 aromatic carbocycles. The second-order valence-electron chi connectivity index (χ2n) is 4.37. The number of anilines is 1. The van der Waals surface area contributed by atoms with Crippen LogP contribution in [0.25, 0.3) is 0 Å². The van der Waals surface area contributed by atoms with Crippen molar-refractivity contribution in [3.05, 3.63) is 23.9 Å². The molecule has 0 amide bonds. The number of ether oxygens (including phenoxy) is 1. The van der Waals surface area contributed by atoms with E-state index in [0.717, 1.165) is 25.4 Å². The lowest BCUT2D eigenvalue weighted by Crippen LogP contribution is -2.22. The predicted octanol–water partition coefficient (Wildman–Crippen LogP) is 2.76. The Morgan fingerprint density at radius 1 is 1.50 bits per heavy atom. The smallest absolute Gasteiger partial charge is 0.128 e. The van der Waals surface area contributed by atoms with Crippen LogP contribution in [0, 0.1) is 6.92 Å². The van der Waals surface area contributed by atoms with Gasteiger partial charge in [-0.15, -0.1) is 0 Å². The third-order valence-electron chi connectivity index (χ3n) is 3.04. The molecule has 1 N–H and O–H groups in total. The highest BCUT2D eigenvalue weighted by atomic mass is 16.5. The third kappa shape index (κ3) is 3.20. The average molecular weight is 220 g/mol. The fraction of sp³-hybridized carbons (Fsp3) is 0.615. The zero-order chi connectivity index (χ0) is 11.2. The van der Waals surface area contributed by atoms with E-state index in [1.807, 2.05) is 12.3 Å². The molecular formula is C13H20N2O. The van der Waals surface area contributed by atoms with Crippen LogP contribution in [-0.2, 0) is 4.74 Å². The maximum absolute atomic E-state index is 5.69. The lowest BCUT2D eigenvalue weighted by atomic mass is 10.1. The quantitative estimate of drug-likeness (QED) is 0.847. The topological polar surface area (TPSA) is 34.2 Å². The Morgan fingerprint density at radius 3 is 3.19 bits per heavy atom. The summed E-state index contributed by atoms with van der Waals surface area (Å²) in [5, 5.41) is 3.37. The second-order valence-corrected chi connectivity index (χ2v) is 4.37. The molecule has 0 radical (unpaired) electrons. The van der Waals surface area contributed by atoms with Gasteiger partial charge in [0, 0.05) is 19.3 Å². The summed E-state index contributed by atoms with van der Waals surface area (Å²) < 4.78 is 5.69. The summed E-state index contributed by atoms with van der Waals surface area (Å²) in [5.74, 6) is 0.998. The van der Waals surface area contributed by atoms with Crippen molar-refractivity contribution in [3.8, 4) is 0 Å². The highest BCUT2D eigenvalue weighted by Crippen LogP contribution is 2.16. The molecule has 16 heavy (non-hydrogen) atoms. The molecule has 3 heteroatoms. The molecule has 88 valence electrons. The van der Waals surface area contributed by atoms with E-state index in [-0.39, 0.29) is 0 Å². The largest absolute Gasteiger partial charge is 0.378 e. The van der Waals surface area contributed by atoms with Crippen LogP contribution in [0.2, 0.25) is 0 Å². The van der Waals surface area contributed by atoms with E-state index in [1.54, 1.807) is 0 Å². The first kappa shape index (κ1) is 11.4. The highest BCUT2D eigenvalue weighted by Gasteiger charge is 2.13. The summed E-state index contributed by atoms with van der Waals surface area (Å²) >= 11 is 0. The van der Waals surface area contributed by atoms with Crippen LogP contribution in [0.1, 0.15) is 31.2 Å². The van der Waals surface area contributed by atoms with E-state index in [9.17, 15) is 0 Å². The van der Waals surface area contributed by atoms with Crippen molar-refractivity contribution in [3.63, 3.8) is 0 Å². The van der Waals surface area contributed by atoms with E-state index in [1.165, 1.54) is 24.8 Å². The minimum absolute atomic E-state index is 0.449. The highest BCUT2D eigenvalue weighted by molar-refractivity contribution is 5.42. The molecule has 1 aliphatic rings. The molecule has 1 fully saturated rings. The lowest BCUT2D eigenvalue weighted by Gasteiger charge is -2.22. The van der Waals surface area contributed by atoms with Gasteiger partial charge in [-0.1, -0.05) is 6.07 Å². The predicted molar refractivity (Wildman–Crippen MR) is 65.7 cm³/mol. The standard InChI is InChI=1S/C13H20N2O/c1-11-5-4-8-14-13(11)15-9-7-12-6-2-3-10-16-12/h4-5,8,12H,2-3,6-7,9-10H2,1H3,(H,14,15). The van der Waals surface area contributed by atoms with Gasteiger partial charge in [-0.3, -0.25) is 0 Å². The Morgan fingerprint density at radius 2 is 2.44 bits per heavy atom. The van der Waals surface area contributed by atoms with E-state index in [4.69, 9.17) is 4.74 Å². The van der Waals surface area contributed by atoms with Gasteiger partial charge in [0.25, 0.3) is 0 Å². The number of aromatic nitrogens is 1. The Hall–Kier alpha value is -1.09. The normalized spacial score (nSPS) is 20.7. The van der Waals surface area contributed by atoms with Crippen LogP contribution >= 0.6 is 0 Å². The molecule has 1 unspecified atom stereocenters. The van der Waals surface area contributed by atoms with Crippen LogP contribution in [0.15, 0.2) is 18.3 Å². The van der Waals surface area contributed by atoms with Gasteiger partial charge in [0.2, 0.25) is 0 Å². The van der Waals surface area contributed by atoms with Crippen molar-refractivity contribution in [2.75, 3.05) is 18.5 Å². The van der Waals surface area contributed by atoms with Gasteiger partial charge in [0.1, 0.15) is 5.82 Å². The van der Waals surface area contributed by atoms with Crippen molar-refractivity contribution in [1.82, 2.24) is 4.98 Å². The molecule has 0 aliphatic carbocycles. The van der Waals surface area contributed by atoms with E-state index in [2.05, 4.69) is 23.3 Å². The molecule has 1 aromatic rings.